The Bertz CT molecular complexity index is 194. The summed E-state index contributed by atoms with van der Waals surface area (Å²) < 4.78 is 13.7. The molecule has 12 heavy (non-hydrogen) atoms. The Hall–Kier alpha value is -0.550. The molecule has 68 valence electrons. The van der Waals surface area contributed by atoms with Crippen LogP contribution in [0.25, 0.3) is 0 Å². The molecule has 2 heteroatoms. The maximum absolute atomic E-state index is 13.7. The molecule has 1 heterocycles. The molecular weight excluding hydrogens is 153 g/mol. The second-order valence-corrected chi connectivity index (χ2v) is 3.27. The molecule has 0 unspecified atom stereocenters. The first-order valence-corrected chi connectivity index (χ1v) is 4.55. The first-order valence-electron chi connectivity index (χ1n) is 4.55. The normalized spacial score (nSPS) is 22.9. The third-order valence-electron chi connectivity index (χ3n) is 2.44. The fourth-order valence-corrected chi connectivity index (χ4v) is 1.57. The van der Waals surface area contributed by atoms with E-state index in [9.17, 15) is 4.39 Å². The molecule has 0 aromatic carbocycles. The molecule has 0 radical (unpaired) electrons. The monoisotopic (exact) mass is 169 g/mol. The summed E-state index contributed by atoms with van der Waals surface area (Å²) in [4.78, 5) is 2.26. The van der Waals surface area contributed by atoms with Crippen LogP contribution in [0.3, 0.4) is 0 Å². The third kappa shape index (κ3) is 2.22. The summed E-state index contributed by atoms with van der Waals surface area (Å²) in [6, 6.07) is 0. The summed E-state index contributed by atoms with van der Waals surface area (Å²) in [7, 11) is 0. The van der Waals surface area contributed by atoms with Crippen molar-refractivity contribution < 1.29 is 4.39 Å². The van der Waals surface area contributed by atoms with E-state index >= 15 is 0 Å². The smallest absolute Gasteiger partial charge is 0.173 e. The highest BCUT2D eigenvalue weighted by atomic mass is 19.1. The predicted molar refractivity (Wildman–Crippen MR) is 48.6 cm³/mol. The number of rotatable bonds is 1. The van der Waals surface area contributed by atoms with E-state index < -0.39 is 5.67 Å². The molecule has 0 amide bonds. The number of hydrogen-bond donors (Lipinski definition) is 0. The molecule has 0 aromatic heterocycles. The van der Waals surface area contributed by atoms with Crippen LogP contribution in [0.2, 0.25) is 0 Å². The molecule has 0 bridgehead atoms. The number of hydrogen-bond acceptors (Lipinski definition) is 1. The van der Waals surface area contributed by atoms with Gasteiger partial charge in [0.25, 0.3) is 0 Å². The summed E-state index contributed by atoms with van der Waals surface area (Å²) in [5.74, 6) is 5.33. The van der Waals surface area contributed by atoms with Crippen LogP contribution in [0.1, 0.15) is 26.7 Å². The van der Waals surface area contributed by atoms with E-state index in [0.717, 1.165) is 19.6 Å². The molecule has 0 N–H and O–H groups in total. The van der Waals surface area contributed by atoms with Crippen molar-refractivity contribution in [3.05, 3.63) is 0 Å². The van der Waals surface area contributed by atoms with Crippen LogP contribution in [-0.2, 0) is 0 Å². The SMILES string of the molecule is CC#CC1(F)CCN(CC)CC1. The fraction of sp³-hybridized carbons (Fsp3) is 0.800. The summed E-state index contributed by atoms with van der Waals surface area (Å²) in [6.07, 6.45) is 1.14. The lowest BCUT2D eigenvalue weighted by molar-refractivity contribution is 0.108. The molecule has 1 nitrogen and oxygen atoms in total. The minimum Gasteiger partial charge on any atom is -0.303 e. The van der Waals surface area contributed by atoms with Gasteiger partial charge in [-0.15, -0.1) is 5.92 Å². The van der Waals surface area contributed by atoms with Crippen molar-refractivity contribution in [3.63, 3.8) is 0 Å². The Balaban J connectivity index is 2.47. The first-order chi connectivity index (χ1) is 5.70. The lowest BCUT2D eigenvalue weighted by Crippen LogP contribution is -2.40. The average molecular weight is 169 g/mol. The zero-order valence-electron chi connectivity index (χ0n) is 7.86. The van der Waals surface area contributed by atoms with Crippen LogP contribution in [0.15, 0.2) is 0 Å². The predicted octanol–water partition coefficient (Wildman–Crippen LogP) is 1.83. The molecule has 0 aromatic rings. The maximum atomic E-state index is 13.7. The molecule has 0 spiro atoms. The number of alkyl halides is 1. The zero-order chi connectivity index (χ0) is 9.03. The van der Waals surface area contributed by atoms with E-state index in [1.54, 1.807) is 6.92 Å². The third-order valence-corrected chi connectivity index (χ3v) is 2.44. The van der Waals surface area contributed by atoms with Crippen molar-refractivity contribution in [2.75, 3.05) is 19.6 Å². The van der Waals surface area contributed by atoms with E-state index in [0.29, 0.717) is 12.8 Å². The Morgan fingerprint density at radius 2 is 2.00 bits per heavy atom. The van der Waals surface area contributed by atoms with Crippen molar-refractivity contribution in [1.29, 1.82) is 0 Å². The van der Waals surface area contributed by atoms with Crippen molar-refractivity contribution in [1.82, 2.24) is 4.90 Å². The van der Waals surface area contributed by atoms with Gasteiger partial charge in [0.15, 0.2) is 5.67 Å². The van der Waals surface area contributed by atoms with Gasteiger partial charge in [-0.3, -0.25) is 0 Å². The fourth-order valence-electron chi connectivity index (χ4n) is 1.57. The van der Waals surface area contributed by atoms with Crippen LogP contribution in [0, 0.1) is 11.8 Å². The Labute approximate surface area is 73.9 Å². The van der Waals surface area contributed by atoms with Crippen molar-refractivity contribution in [3.8, 4) is 11.8 Å². The number of nitrogens with zero attached hydrogens (tertiary/aromatic N) is 1. The van der Waals surface area contributed by atoms with Crippen molar-refractivity contribution in [2.24, 2.45) is 0 Å². The van der Waals surface area contributed by atoms with Crippen LogP contribution in [0.4, 0.5) is 4.39 Å². The summed E-state index contributed by atoms with van der Waals surface area (Å²) in [6.45, 7) is 6.53. The second kappa shape index (κ2) is 3.91. The van der Waals surface area contributed by atoms with Gasteiger partial charge in [0.1, 0.15) is 0 Å². The molecule has 0 aliphatic carbocycles. The number of piperidine rings is 1. The number of likely N-dealkylation sites (tertiary alicyclic amines) is 1. The van der Waals surface area contributed by atoms with E-state index in [1.807, 2.05) is 0 Å². The Morgan fingerprint density at radius 1 is 1.42 bits per heavy atom. The highest BCUT2D eigenvalue weighted by Crippen LogP contribution is 2.25. The van der Waals surface area contributed by atoms with Gasteiger partial charge in [0, 0.05) is 25.9 Å². The van der Waals surface area contributed by atoms with E-state index in [1.165, 1.54) is 0 Å². The average Bonchev–Trinajstić information content (AvgIpc) is 2.06. The highest BCUT2D eigenvalue weighted by molar-refractivity contribution is 5.14. The van der Waals surface area contributed by atoms with Gasteiger partial charge in [0.05, 0.1) is 0 Å². The van der Waals surface area contributed by atoms with Gasteiger partial charge in [0.2, 0.25) is 0 Å². The molecule has 1 aliphatic rings. The highest BCUT2D eigenvalue weighted by Gasteiger charge is 2.31. The standard InChI is InChI=1S/C10H16FN/c1-3-5-10(11)6-8-12(4-2)9-7-10/h4,6-9H2,1-2H3. The van der Waals surface area contributed by atoms with E-state index in [2.05, 4.69) is 23.7 Å². The molecule has 0 atom stereocenters. The van der Waals surface area contributed by atoms with Gasteiger partial charge in [-0.05, 0) is 13.5 Å². The van der Waals surface area contributed by atoms with Crippen LogP contribution >= 0.6 is 0 Å². The van der Waals surface area contributed by atoms with Crippen LogP contribution in [-0.4, -0.2) is 30.2 Å². The van der Waals surface area contributed by atoms with Crippen molar-refractivity contribution in [2.45, 2.75) is 32.4 Å². The quantitative estimate of drug-likeness (QED) is 0.541. The van der Waals surface area contributed by atoms with E-state index in [4.69, 9.17) is 0 Å². The van der Waals surface area contributed by atoms with Gasteiger partial charge in [-0.2, -0.15) is 0 Å². The molecule has 1 saturated heterocycles. The minimum absolute atomic E-state index is 0.571. The minimum atomic E-state index is -1.19. The van der Waals surface area contributed by atoms with Gasteiger partial charge < -0.3 is 4.90 Å². The molecule has 1 fully saturated rings. The van der Waals surface area contributed by atoms with Gasteiger partial charge in [-0.25, -0.2) is 4.39 Å². The Kier molecular flexibility index (Phi) is 3.11. The van der Waals surface area contributed by atoms with Gasteiger partial charge in [-0.1, -0.05) is 12.8 Å². The Morgan fingerprint density at radius 3 is 2.42 bits per heavy atom. The maximum Gasteiger partial charge on any atom is 0.173 e. The lowest BCUT2D eigenvalue weighted by atomic mass is 9.94. The second-order valence-electron chi connectivity index (χ2n) is 3.27. The first kappa shape index (κ1) is 9.54. The summed E-state index contributed by atoms with van der Waals surface area (Å²) in [5, 5.41) is 0. The molecular formula is C10H16FN. The zero-order valence-corrected chi connectivity index (χ0v) is 7.86. The van der Waals surface area contributed by atoms with Gasteiger partial charge >= 0.3 is 0 Å². The summed E-state index contributed by atoms with van der Waals surface area (Å²) in [5.41, 5.74) is -1.19. The molecule has 1 rings (SSSR count). The number of halogens is 1. The van der Waals surface area contributed by atoms with Crippen LogP contribution < -0.4 is 0 Å². The topological polar surface area (TPSA) is 3.24 Å². The van der Waals surface area contributed by atoms with Crippen LogP contribution in [0.5, 0.6) is 0 Å². The van der Waals surface area contributed by atoms with Crippen molar-refractivity contribution >= 4 is 0 Å². The molecule has 1 aliphatic heterocycles. The molecule has 0 saturated carbocycles. The summed E-state index contributed by atoms with van der Waals surface area (Å²) >= 11 is 0. The largest absolute Gasteiger partial charge is 0.303 e. The van der Waals surface area contributed by atoms with E-state index in [-0.39, 0.29) is 0 Å². The lowest BCUT2D eigenvalue weighted by Gasteiger charge is -2.32.